The van der Waals surface area contributed by atoms with Gasteiger partial charge in [-0.1, -0.05) is 23.7 Å². The van der Waals surface area contributed by atoms with E-state index in [1.54, 1.807) is 24.3 Å². The van der Waals surface area contributed by atoms with E-state index >= 15 is 0 Å². The fraction of sp³-hybridized carbons (Fsp3) is 0.333. The first kappa shape index (κ1) is 19.4. The molecule has 0 atom stereocenters. The predicted octanol–water partition coefficient (Wildman–Crippen LogP) is 3.60. The van der Waals surface area contributed by atoms with Crippen LogP contribution in [0.1, 0.15) is 39.1 Å². The van der Waals surface area contributed by atoms with Crippen LogP contribution in [-0.4, -0.2) is 38.7 Å². The third-order valence-electron chi connectivity index (χ3n) is 5.06. The van der Waals surface area contributed by atoms with Crippen molar-refractivity contribution in [3.8, 4) is 0 Å². The molecule has 1 N–H and O–H groups in total. The third kappa shape index (κ3) is 4.49. The molecule has 1 fully saturated rings. The van der Waals surface area contributed by atoms with Crippen molar-refractivity contribution in [3.05, 3.63) is 70.2 Å². The van der Waals surface area contributed by atoms with Crippen LogP contribution in [-0.2, 0) is 14.9 Å². The van der Waals surface area contributed by atoms with Crippen LogP contribution < -0.4 is 5.32 Å². The van der Waals surface area contributed by atoms with Crippen LogP contribution in [0.2, 0.25) is 5.02 Å². The number of rotatable bonds is 5. The summed E-state index contributed by atoms with van der Waals surface area (Å²) in [7, 11) is 1.33. The minimum absolute atomic E-state index is 0.175. The second-order valence-electron chi connectivity index (χ2n) is 6.65. The number of benzene rings is 2. The lowest BCUT2D eigenvalue weighted by Crippen LogP contribution is -2.44. The maximum absolute atomic E-state index is 12.6. The molecule has 2 aromatic carbocycles. The molecule has 0 saturated carbocycles. The van der Waals surface area contributed by atoms with Crippen LogP contribution in [0.5, 0.6) is 0 Å². The van der Waals surface area contributed by atoms with Crippen molar-refractivity contribution < 1.29 is 19.1 Å². The molecule has 2 aromatic rings. The predicted molar refractivity (Wildman–Crippen MR) is 103 cm³/mol. The molecule has 142 valence electrons. The molecule has 1 aliphatic heterocycles. The third-order valence-corrected chi connectivity index (χ3v) is 5.31. The summed E-state index contributed by atoms with van der Waals surface area (Å²) in [6.07, 6.45) is 1.66. The Morgan fingerprint density at radius 1 is 1.04 bits per heavy atom. The second kappa shape index (κ2) is 8.55. The van der Waals surface area contributed by atoms with Crippen LogP contribution in [0.3, 0.4) is 0 Å². The van der Waals surface area contributed by atoms with Crippen LogP contribution in [0.4, 0.5) is 0 Å². The number of halogens is 1. The largest absolute Gasteiger partial charge is 0.465 e. The summed E-state index contributed by atoms with van der Waals surface area (Å²) in [5.41, 5.74) is 1.89. The minimum Gasteiger partial charge on any atom is -0.465 e. The molecule has 3 rings (SSSR count). The Balaban J connectivity index is 1.72. The highest BCUT2D eigenvalue weighted by molar-refractivity contribution is 6.30. The number of hydrogen-bond acceptors (Lipinski definition) is 4. The Bertz CT molecular complexity index is 796. The van der Waals surface area contributed by atoms with E-state index in [0.717, 1.165) is 18.4 Å². The van der Waals surface area contributed by atoms with Gasteiger partial charge in [0, 0.05) is 35.8 Å². The van der Waals surface area contributed by atoms with E-state index in [-0.39, 0.29) is 11.3 Å². The normalized spacial score (nSPS) is 15.8. The van der Waals surface area contributed by atoms with Gasteiger partial charge < -0.3 is 14.8 Å². The molecule has 0 bridgehead atoms. The van der Waals surface area contributed by atoms with Crippen LogP contribution in [0.25, 0.3) is 0 Å². The highest BCUT2D eigenvalue weighted by Crippen LogP contribution is 2.35. The molecule has 6 heteroatoms. The summed E-state index contributed by atoms with van der Waals surface area (Å²) < 4.78 is 10.2. The quantitative estimate of drug-likeness (QED) is 0.796. The van der Waals surface area contributed by atoms with Gasteiger partial charge in [-0.3, -0.25) is 4.79 Å². The first-order valence-corrected chi connectivity index (χ1v) is 9.22. The average Bonchev–Trinajstić information content (AvgIpc) is 2.72. The number of carbonyl (C=O) groups is 2. The number of nitrogens with one attached hydrogen (secondary N) is 1. The van der Waals surface area contributed by atoms with Crippen LogP contribution >= 0.6 is 11.6 Å². The van der Waals surface area contributed by atoms with Crippen LogP contribution in [0, 0.1) is 0 Å². The van der Waals surface area contributed by atoms with Gasteiger partial charge in [0.15, 0.2) is 0 Å². The smallest absolute Gasteiger partial charge is 0.337 e. The lowest BCUT2D eigenvalue weighted by atomic mass is 9.74. The number of methoxy groups -OCH3 is 1. The van der Waals surface area contributed by atoms with E-state index in [1.165, 1.54) is 7.11 Å². The van der Waals surface area contributed by atoms with Gasteiger partial charge >= 0.3 is 5.97 Å². The van der Waals surface area contributed by atoms with Gasteiger partial charge in [0.25, 0.3) is 5.91 Å². The van der Waals surface area contributed by atoms with Crippen molar-refractivity contribution in [3.63, 3.8) is 0 Å². The zero-order valence-electron chi connectivity index (χ0n) is 15.2. The van der Waals surface area contributed by atoms with Crippen molar-refractivity contribution in [1.29, 1.82) is 0 Å². The molecule has 27 heavy (non-hydrogen) atoms. The fourth-order valence-electron chi connectivity index (χ4n) is 3.36. The number of esters is 1. The molecule has 0 radical (unpaired) electrons. The van der Waals surface area contributed by atoms with E-state index in [1.807, 2.05) is 24.3 Å². The highest BCUT2D eigenvalue weighted by atomic mass is 35.5. The lowest BCUT2D eigenvalue weighted by molar-refractivity contribution is 0.0487. The first-order chi connectivity index (χ1) is 13.0. The standard InChI is InChI=1S/C21H22ClNO4/c1-26-20(25)16-4-2-15(3-5-16)19(24)23-14-21(10-12-27-13-11-21)17-6-8-18(22)9-7-17/h2-9H,10-14H2,1H3,(H,23,24). The summed E-state index contributed by atoms with van der Waals surface area (Å²) in [6, 6.07) is 14.2. The van der Waals surface area contributed by atoms with Crippen LogP contribution in [0.15, 0.2) is 48.5 Å². The monoisotopic (exact) mass is 387 g/mol. The van der Waals surface area contributed by atoms with Gasteiger partial charge in [0.1, 0.15) is 0 Å². The summed E-state index contributed by atoms with van der Waals surface area (Å²) in [5.74, 6) is -0.600. The molecular formula is C21H22ClNO4. The molecule has 1 saturated heterocycles. The summed E-state index contributed by atoms with van der Waals surface area (Å²) in [4.78, 5) is 24.1. The molecule has 0 spiro atoms. The van der Waals surface area contributed by atoms with Crippen molar-refractivity contribution in [1.82, 2.24) is 5.32 Å². The summed E-state index contributed by atoms with van der Waals surface area (Å²) in [5, 5.41) is 3.73. The van der Waals surface area contributed by atoms with E-state index in [4.69, 9.17) is 16.3 Å². The topological polar surface area (TPSA) is 64.6 Å². The minimum atomic E-state index is -0.425. The van der Waals surface area contributed by atoms with Gasteiger partial charge in [0.05, 0.1) is 12.7 Å². The lowest BCUT2D eigenvalue weighted by Gasteiger charge is -2.38. The van der Waals surface area contributed by atoms with Crippen molar-refractivity contribution in [2.45, 2.75) is 18.3 Å². The maximum Gasteiger partial charge on any atom is 0.337 e. The van der Waals surface area contributed by atoms with Crippen molar-refractivity contribution >= 4 is 23.5 Å². The van der Waals surface area contributed by atoms with Gasteiger partial charge in [-0.15, -0.1) is 0 Å². The molecule has 1 amide bonds. The molecule has 1 aliphatic rings. The molecular weight excluding hydrogens is 366 g/mol. The van der Waals surface area contributed by atoms with Gasteiger partial charge in [-0.25, -0.2) is 4.79 Å². The van der Waals surface area contributed by atoms with Crippen molar-refractivity contribution in [2.75, 3.05) is 26.9 Å². The Kier molecular flexibility index (Phi) is 6.14. The van der Waals surface area contributed by atoms with E-state index in [0.29, 0.717) is 35.9 Å². The maximum atomic E-state index is 12.6. The number of carbonyl (C=O) groups excluding carboxylic acids is 2. The van der Waals surface area contributed by atoms with Gasteiger partial charge in [-0.05, 0) is 54.8 Å². The van der Waals surface area contributed by atoms with E-state index in [2.05, 4.69) is 10.1 Å². The first-order valence-electron chi connectivity index (χ1n) is 8.84. The van der Waals surface area contributed by atoms with Gasteiger partial charge in [0.2, 0.25) is 0 Å². The SMILES string of the molecule is COC(=O)c1ccc(C(=O)NCC2(c3ccc(Cl)cc3)CCOCC2)cc1. The number of amides is 1. The second-order valence-corrected chi connectivity index (χ2v) is 7.09. The fourth-order valence-corrected chi connectivity index (χ4v) is 3.49. The number of hydrogen-bond donors (Lipinski definition) is 1. The Morgan fingerprint density at radius 3 is 2.22 bits per heavy atom. The zero-order valence-corrected chi connectivity index (χ0v) is 15.9. The molecule has 0 aromatic heterocycles. The highest BCUT2D eigenvalue weighted by Gasteiger charge is 2.34. The molecule has 0 unspecified atom stereocenters. The Hall–Kier alpha value is -2.37. The number of ether oxygens (including phenoxy) is 2. The molecule has 1 heterocycles. The summed E-state index contributed by atoms with van der Waals surface area (Å²) >= 11 is 6.02. The van der Waals surface area contributed by atoms with Crippen molar-refractivity contribution in [2.24, 2.45) is 0 Å². The Morgan fingerprint density at radius 2 is 1.63 bits per heavy atom. The van der Waals surface area contributed by atoms with E-state index in [9.17, 15) is 9.59 Å². The van der Waals surface area contributed by atoms with E-state index < -0.39 is 5.97 Å². The zero-order chi connectivity index (χ0) is 19.3. The Labute approximate surface area is 163 Å². The average molecular weight is 388 g/mol. The van der Waals surface area contributed by atoms with Gasteiger partial charge in [-0.2, -0.15) is 0 Å². The molecule has 5 nitrogen and oxygen atoms in total. The summed E-state index contributed by atoms with van der Waals surface area (Å²) in [6.45, 7) is 1.83. The molecule has 0 aliphatic carbocycles.